The van der Waals surface area contributed by atoms with Gasteiger partial charge in [0, 0.05) is 45.7 Å². The molecule has 27 heavy (non-hydrogen) atoms. The molecule has 2 rings (SSSR count). The number of alkyl halides is 3. The van der Waals surface area contributed by atoms with Crippen LogP contribution in [0.2, 0.25) is 0 Å². The van der Waals surface area contributed by atoms with Gasteiger partial charge in [0.25, 0.3) is 0 Å². The summed E-state index contributed by atoms with van der Waals surface area (Å²) in [7, 11) is 0. The van der Waals surface area contributed by atoms with Crippen molar-refractivity contribution in [3.05, 3.63) is 35.4 Å². The molecule has 0 saturated carbocycles. The number of carboxylic acid groups (broad SMARTS) is 1. The molecule has 1 aromatic rings. The standard InChI is InChI=1S/C18H24F3N3O3/c19-18(20,21)15-6-4-14(5-7-15)13-23-9-2-10-24(12-11-23)17(27)22-8-1-3-16(25)26/h4-7H,1-3,8-13H2,(H,22,27)(H,25,26). The van der Waals surface area contributed by atoms with Crippen molar-refractivity contribution in [3.8, 4) is 0 Å². The molecule has 1 aliphatic rings. The number of nitrogens with zero attached hydrogens (tertiary/aromatic N) is 2. The molecule has 1 heterocycles. The maximum atomic E-state index is 12.6. The first-order valence-electron chi connectivity index (χ1n) is 8.89. The monoisotopic (exact) mass is 387 g/mol. The third-order valence-electron chi connectivity index (χ3n) is 4.41. The number of halogens is 3. The maximum absolute atomic E-state index is 12.6. The van der Waals surface area contributed by atoms with E-state index < -0.39 is 17.7 Å². The number of carbonyl (C=O) groups is 2. The van der Waals surface area contributed by atoms with Crippen LogP contribution in [-0.2, 0) is 17.5 Å². The van der Waals surface area contributed by atoms with Crippen molar-refractivity contribution in [2.45, 2.75) is 32.0 Å². The number of carboxylic acids is 1. The maximum Gasteiger partial charge on any atom is 0.416 e. The van der Waals surface area contributed by atoms with Crippen molar-refractivity contribution in [2.75, 3.05) is 32.7 Å². The van der Waals surface area contributed by atoms with Crippen LogP contribution in [0.1, 0.15) is 30.4 Å². The average Bonchev–Trinajstić information content (AvgIpc) is 2.84. The first-order chi connectivity index (χ1) is 12.8. The molecular formula is C18H24F3N3O3. The smallest absolute Gasteiger partial charge is 0.416 e. The molecule has 1 fully saturated rings. The molecule has 0 aromatic heterocycles. The zero-order chi connectivity index (χ0) is 19.9. The number of rotatable bonds is 6. The van der Waals surface area contributed by atoms with E-state index in [9.17, 15) is 22.8 Å². The summed E-state index contributed by atoms with van der Waals surface area (Å²) in [6, 6.07) is 4.94. The summed E-state index contributed by atoms with van der Waals surface area (Å²) in [4.78, 5) is 26.4. The number of nitrogens with one attached hydrogen (secondary N) is 1. The van der Waals surface area contributed by atoms with E-state index in [1.807, 2.05) is 0 Å². The lowest BCUT2D eigenvalue weighted by Gasteiger charge is -2.22. The Morgan fingerprint density at radius 1 is 1.07 bits per heavy atom. The van der Waals surface area contributed by atoms with Crippen LogP contribution in [0.4, 0.5) is 18.0 Å². The zero-order valence-electron chi connectivity index (χ0n) is 15.0. The van der Waals surface area contributed by atoms with Gasteiger partial charge in [-0.1, -0.05) is 12.1 Å². The number of amides is 2. The Morgan fingerprint density at radius 3 is 2.41 bits per heavy atom. The van der Waals surface area contributed by atoms with Gasteiger partial charge in [0.2, 0.25) is 0 Å². The molecular weight excluding hydrogens is 363 g/mol. The van der Waals surface area contributed by atoms with Gasteiger partial charge in [0.05, 0.1) is 5.56 Å². The number of carbonyl (C=O) groups excluding carboxylic acids is 1. The van der Waals surface area contributed by atoms with E-state index >= 15 is 0 Å². The lowest BCUT2D eigenvalue weighted by molar-refractivity contribution is -0.138. The van der Waals surface area contributed by atoms with Crippen LogP contribution in [0.5, 0.6) is 0 Å². The summed E-state index contributed by atoms with van der Waals surface area (Å²) in [6.45, 7) is 3.34. The Morgan fingerprint density at radius 2 is 1.78 bits per heavy atom. The minimum atomic E-state index is -4.33. The molecule has 6 nitrogen and oxygen atoms in total. The molecule has 0 radical (unpaired) electrons. The minimum absolute atomic E-state index is 0.0151. The largest absolute Gasteiger partial charge is 0.481 e. The third-order valence-corrected chi connectivity index (χ3v) is 4.41. The zero-order valence-corrected chi connectivity index (χ0v) is 15.0. The normalized spacial score (nSPS) is 16.0. The highest BCUT2D eigenvalue weighted by Gasteiger charge is 2.30. The second kappa shape index (κ2) is 9.59. The van der Waals surface area contributed by atoms with Gasteiger partial charge in [-0.15, -0.1) is 0 Å². The summed E-state index contributed by atoms with van der Waals surface area (Å²) >= 11 is 0. The average molecular weight is 387 g/mol. The van der Waals surface area contributed by atoms with Gasteiger partial charge in [0.1, 0.15) is 0 Å². The molecule has 1 saturated heterocycles. The predicted molar refractivity (Wildman–Crippen MR) is 93.2 cm³/mol. The molecule has 0 atom stereocenters. The Kier molecular flexibility index (Phi) is 7.46. The van der Waals surface area contributed by atoms with Gasteiger partial charge in [0.15, 0.2) is 0 Å². The Labute approximate surface area is 155 Å². The van der Waals surface area contributed by atoms with Crippen molar-refractivity contribution in [2.24, 2.45) is 0 Å². The van der Waals surface area contributed by atoms with E-state index in [-0.39, 0.29) is 12.5 Å². The molecule has 2 amide bonds. The van der Waals surface area contributed by atoms with Crippen molar-refractivity contribution < 1.29 is 27.9 Å². The first-order valence-corrected chi connectivity index (χ1v) is 8.89. The number of urea groups is 1. The van der Waals surface area contributed by atoms with Gasteiger partial charge in [-0.3, -0.25) is 9.69 Å². The van der Waals surface area contributed by atoms with Crippen LogP contribution < -0.4 is 5.32 Å². The van der Waals surface area contributed by atoms with Gasteiger partial charge in [-0.25, -0.2) is 4.79 Å². The van der Waals surface area contributed by atoms with Crippen molar-refractivity contribution >= 4 is 12.0 Å². The van der Waals surface area contributed by atoms with E-state index in [0.717, 1.165) is 30.7 Å². The Bertz CT molecular complexity index is 635. The molecule has 1 aliphatic heterocycles. The highest BCUT2D eigenvalue weighted by Crippen LogP contribution is 2.29. The Hall–Kier alpha value is -2.29. The predicted octanol–water partition coefficient (Wildman–Crippen LogP) is 2.79. The fourth-order valence-electron chi connectivity index (χ4n) is 2.94. The third kappa shape index (κ3) is 7.09. The quantitative estimate of drug-likeness (QED) is 0.737. The molecule has 2 N–H and O–H groups in total. The SMILES string of the molecule is O=C(O)CCCNC(=O)N1CCCN(Cc2ccc(C(F)(F)F)cc2)CC1. The molecule has 9 heteroatoms. The topological polar surface area (TPSA) is 72.9 Å². The van der Waals surface area contributed by atoms with E-state index in [1.54, 1.807) is 4.90 Å². The molecule has 0 spiro atoms. The highest BCUT2D eigenvalue weighted by atomic mass is 19.4. The van der Waals surface area contributed by atoms with Crippen molar-refractivity contribution in [1.29, 1.82) is 0 Å². The minimum Gasteiger partial charge on any atom is -0.481 e. The molecule has 0 aliphatic carbocycles. The van der Waals surface area contributed by atoms with Crippen LogP contribution in [-0.4, -0.2) is 59.6 Å². The van der Waals surface area contributed by atoms with E-state index in [2.05, 4.69) is 10.2 Å². The van der Waals surface area contributed by atoms with Gasteiger partial charge < -0.3 is 15.3 Å². The van der Waals surface area contributed by atoms with Gasteiger partial charge in [-0.2, -0.15) is 13.2 Å². The summed E-state index contributed by atoms with van der Waals surface area (Å²) < 4.78 is 37.9. The summed E-state index contributed by atoms with van der Waals surface area (Å²) in [5, 5.41) is 11.3. The summed E-state index contributed by atoms with van der Waals surface area (Å²) in [6.07, 6.45) is -3.17. The van der Waals surface area contributed by atoms with Crippen molar-refractivity contribution in [3.63, 3.8) is 0 Å². The number of aliphatic carboxylic acids is 1. The first kappa shape index (κ1) is 21.0. The van der Waals surface area contributed by atoms with Crippen LogP contribution in [0.25, 0.3) is 0 Å². The van der Waals surface area contributed by atoms with Gasteiger partial charge >= 0.3 is 18.2 Å². The van der Waals surface area contributed by atoms with E-state index in [1.165, 1.54) is 12.1 Å². The van der Waals surface area contributed by atoms with E-state index in [4.69, 9.17) is 5.11 Å². The van der Waals surface area contributed by atoms with E-state index in [0.29, 0.717) is 39.1 Å². The fraction of sp³-hybridized carbons (Fsp3) is 0.556. The summed E-state index contributed by atoms with van der Waals surface area (Å²) in [5.74, 6) is -0.891. The lowest BCUT2D eigenvalue weighted by atomic mass is 10.1. The number of hydrogen-bond donors (Lipinski definition) is 2. The summed E-state index contributed by atoms with van der Waals surface area (Å²) in [5.41, 5.74) is 0.141. The highest BCUT2D eigenvalue weighted by molar-refractivity contribution is 5.74. The van der Waals surface area contributed by atoms with Crippen LogP contribution in [0, 0.1) is 0 Å². The van der Waals surface area contributed by atoms with Crippen LogP contribution in [0.3, 0.4) is 0 Å². The number of hydrogen-bond acceptors (Lipinski definition) is 3. The van der Waals surface area contributed by atoms with Crippen LogP contribution >= 0.6 is 0 Å². The molecule has 0 bridgehead atoms. The fourth-order valence-corrected chi connectivity index (χ4v) is 2.94. The second-order valence-corrected chi connectivity index (χ2v) is 6.54. The number of benzene rings is 1. The Balaban J connectivity index is 1.78. The molecule has 1 aromatic carbocycles. The molecule has 0 unspecified atom stereocenters. The lowest BCUT2D eigenvalue weighted by Crippen LogP contribution is -2.42. The second-order valence-electron chi connectivity index (χ2n) is 6.54. The van der Waals surface area contributed by atoms with Gasteiger partial charge in [-0.05, 0) is 30.5 Å². The van der Waals surface area contributed by atoms with Crippen molar-refractivity contribution in [1.82, 2.24) is 15.1 Å². The van der Waals surface area contributed by atoms with Crippen LogP contribution in [0.15, 0.2) is 24.3 Å². The molecule has 150 valence electrons.